The van der Waals surface area contributed by atoms with E-state index in [-0.39, 0.29) is 29.1 Å². The van der Waals surface area contributed by atoms with Crippen LogP contribution >= 0.6 is 0 Å². The van der Waals surface area contributed by atoms with Gasteiger partial charge in [0.05, 0.1) is 5.69 Å². The van der Waals surface area contributed by atoms with Gasteiger partial charge in [0.25, 0.3) is 5.91 Å². The predicted octanol–water partition coefficient (Wildman–Crippen LogP) is 3.92. The molecule has 0 bridgehead atoms. The highest BCUT2D eigenvalue weighted by molar-refractivity contribution is 5.97. The molecular formula is C27H27FN5O2+. The maximum Gasteiger partial charge on any atom is 0.388 e. The van der Waals surface area contributed by atoms with Crippen molar-refractivity contribution in [2.24, 2.45) is 0 Å². The number of benzene rings is 3. The molecule has 35 heavy (non-hydrogen) atoms. The number of nitrogens with zero attached hydrogens (tertiary/aromatic N) is 2. The summed E-state index contributed by atoms with van der Waals surface area (Å²) >= 11 is 0. The molecule has 0 saturated carbocycles. The molecule has 0 radical (unpaired) electrons. The predicted molar refractivity (Wildman–Crippen MR) is 134 cm³/mol. The molecule has 4 N–H and O–H groups in total. The minimum atomic E-state index is -0.349. The van der Waals surface area contributed by atoms with Crippen LogP contribution < -0.4 is 25.9 Å². The summed E-state index contributed by atoms with van der Waals surface area (Å²) in [5, 5.41) is 5.87. The molecule has 178 valence electrons. The van der Waals surface area contributed by atoms with Crippen LogP contribution in [0.4, 0.5) is 21.8 Å². The third kappa shape index (κ3) is 5.73. The van der Waals surface area contributed by atoms with Crippen LogP contribution in [0, 0.1) is 5.82 Å². The number of rotatable bonds is 9. The first-order valence-corrected chi connectivity index (χ1v) is 11.3. The summed E-state index contributed by atoms with van der Waals surface area (Å²) in [6, 6.07) is 23.8. The molecule has 4 aromatic rings. The van der Waals surface area contributed by atoms with Crippen LogP contribution in [0.1, 0.15) is 22.8 Å². The number of carbonyl (C=O) groups excluding carboxylic acids is 1. The lowest BCUT2D eigenvalue weighted by atomic mass is 10.0. The van der Waals surface area contributed by atoms with Crippen molar-refractivity contribution in [3.8, 4) is 11.1 Å². The molecular weight excluding hydrogens is 445 g/mol. The number of halogens is 1. The lowest BCUT2D eigenvalue weighted by Crippen LogP contribution is -2.50. The van der Waals surface area contributed by atoms with Crippen molar-refractivity contribution in [3.05, 3.63) is 102 Å². The fourth-order valence-corrected chi connectivity index (χ4v) is 3.58. The summed E-state index contributed by atoms with van der Waals surface area (Å²) in [4.78, 5) is 22.8. The quantitative estimate of drug-likeness (QED) is 0.321. The molecule has 0 aliphatic rings. The Labute approximate surface area is 203 Å². The summed E-state index contributed by atoms with van der Waals surface area (Å²) in [6.07, 6.45) is 2.02. The molecule has 0 fully saturated rings. The maximum atomic E-state index is 14.5. The minimum absolute atomic E-state index is 0.104. The van der Waals surface area contributed by atoms with Crippen molar-refractivity contribution < 1.29 is 18.8 Å². The second kappa shape index (κ2) is 11.1. The molecule has 0 aliphatic carbocycles. The Morgan fingerprint density at radius 2 is 1.77 bits per heavy atom. The smallest absolute Gasteiger partial charge is 0.367 e. The van der Waals surface area contributed by atoms with Crippen LogP contribution in [0.15, 0.2) is 85.1 Å². The highest BCUT2D eigenvalue weighted by atomic mass is 19.1. The average molecular weight is 473 g/mol. The number of hydrogen-bond donors (Lipinski definition) is 3. The van der Waals surface area contributed by atoms with Gasteiger partial charge in [0, 0.05) is 18.5 Å². The first-order valence-electron chi connectivity index (χ1n) is 11.3. The molecule has 8 heteroatoms. The zero-order chi connectivity index (χ0) is 24.6. The molecule has 3 aromatic carbocycles. The topological polar surface area (TPSA) is 93.2 Å². The Bertz CT molecular complexity index is 1300. The minimum Gasteiger partial charge on any atom is -0.367 e. The summed E-state index contributed by atoms with van der Waals surface area (Å²) in [7, 11) is 0. The van der Waals surface area contributed by atoms with E-state index in [0.29, 0.717) is 30.8 Å². The SMILES string of the molecule is CCNC(=O)c1cnc(Nc2ccc(F)c(-c3ccccc3)c2)[n+](OCCc2ccccc2)c1N. The van der Waals surface area contributed by atoms with Crippen LogP contribution in [0.25, 0.3) is 11.1 Å². The monoisotopic (exact) mass is 472 g/mol. The van der Waals surface area contributed by atoms with Gasteiger partial charge < -0.3 is 15.9 Å². The first kappa shape index (κ1) is 23.7. The van der Waals surface area contributed by atoms with Gasteiger partial charge in [-0.25, -0.2) is 4.39 Å². The summed E-state index contributed by atoms with van der Waals surface area (Å²) in [5.41, 5.74) is 9.40. The zero-order valence-electron chi connectivity index (χ0n) is 19.4. The fraction of sp³-hybridized carbons (Fsp3) is 0.148. The zero-order valence-corrected chi connectivity index (χ0v) is 19.4. The third-order valence-corrected chi connectivity index (χ3v) is 5.35. The average Bonchev–Trinajstić information content (AvgIpc) is 2.88. The molecule has 0 aliphatic heterocycles. The van der Waals surface area contributed by atoms with Gasteiger partial charge in [-0.05, 0) is 41.0 Å². The molecule has 1 amide bonds. The van der Waals surface area contributed by atoms with Crippen molar-refractivity contribution >= 4 is 23.4 Å². The number of carbonyl (C=O) groups is 1. The van der Waals surface area contributed by atoms with E-state index < -0.39 is 0 Å². The molecule has 1 aromatic heterocycles. The Hall–Kier alpha value is -4.46. The van der Waals surface area contributed by atoms with Gasteiger partial charge in [0.2, 0.25) is 5.82 Å². The van der Waals surface area contributed by atoms with E-state index in [4.69, 9.17) is 10.6 Å². The Morgan fingerprint density at radius 1 is 1.06 bits per heavy atom. The van der Waals surface area contributed by atoms with E-state index in [9.17, 15) is 9.18 Å². The molecule has 7 nitrogen and oxygen atoms in total. The summed E-state index contributed by atoms with van der Waals surface area (Å²) < 4.78 is 15.8. The maximum absolute atomic E-state index is 14.5. The Morgan fingerprint density at radius 3 is 2.49 bits per heavy atom. The molecule has 0 atom stereocenters. The number of aromatic nitrogens is 2. The van der Waals surface area contributed by atoms with Crippen LogP contribution in [-0.2, 0) is 6.42 Å². The Kier molecular flexibility index (Phi) is 7.52. The molecule has 0 spiro atoms. The number of anilines is 3. The van der Waals surface area contributed by atoms with Crippen molar-refractivity contribution in [2.45, 2.75) is 13.3 Å². The summed E-state index contributed by atoms with van der Waals surface area (Å²) in [5.74, 6) is -0.327. The molecule has 4 rings (SSSR count). The van der Waals surface area contributed by atoms with E-state index in [1.807, 2.05) is 67.6 Å². The van der Waals surface area contributed by atoms with Gasteiger partial charge in [-0.2, -0.15) is 0 Å². The normalized spacial score (nSPS) is 10.6. The van der Waals surface area contributed by atoms with Crippen LogP contribution in [-0.4, -0.2) is 24.0 Å². The van der Waals surface area contributed by atoms with E-state index in [1.54, 1.807) is 12.1 Å². The lowest BCUT2D eigenvalue weighted by Gasteiger charge is -2.13. The van der Waals surface area contributed by atoms with Crippen LogP contribution in [0.2, 0.25) is 0 Å². The van der Waals surface area contributed by atoms with E-state index in [1.165, 1.54) is 17.0 Å². The van der Waals surface area contributed by atoms with E-state index >= 15 is 0 Å². The second-order valence-corrected chi connectivity index (χ2v) is 7.79. The van der Waals surface area contributed by atoms with E-state index in [0.717, 1.165) is 11.1 Å². The fourth-order valence-electron chi connectivity index (χ4n) is 3.58. The van der Waals surface area contributed by atoms with E-state index in [2.05, 4.69) is 15.6 Å². The number of nitrogen functional groups attached to an aromatic ring is 1. The third-order valence-electron chi connectivity index (χ3n) is 5.35. The second-order valence-electron chi connectivity index (χ2n) is 7.79. The number of amides is 1. The van der Waals surface area contributed by atoms with Crippen molar-refractivity contribution in [1.29, 1.82) is 0 Å². The van der Waals surface area contributed by atoms with Crippen LogP contribution in [0.3, 0.4) is 0 Å². The standard InChI is InChI=1S/C27H26FN5O2/c1-2-30-26(34)23-18-31-27(33(25(23)29)35-16-15-19-9-5-3-6-10-19)32-21-13-14-24(28)22(17-21)20-11-7-4-8-12-20/h3-14,17-18H,2,15-16H2,1H3,(H3,29,30,31,32,34)/p+1. The van der Waals surface area contributed by atoms with Gasteiger partial charge in [0.15, 0.2) is 0 Å². The van der Waals surface area contributed by atoms with Gasteiger partial charge >= 0.3 is 5.95 Å². The molecule has 0 saturated heterocycles. The van der Waals surface area contributed by atoms with Crippen molar-refractivity contribution in [1.82, 2.24) is 10.3 Å². The summed E-state index contributed by atoms with van der Waals surface area (Å²) in [6.45, 7) is 2.57. The lowest BCUT2D eigenvalue weighted by molar-refractivity contribution is -0.870. The number of nitrogens with two attached hydrogens (primary N) is 1. The number of hydrogen-bond acceptors (Lipinski definition) is 5. The van der Waals surface area contributed by atoms with Gasteiger partial charge in [-0.3, -0.25) is 10.1 Å². The van der Waals surface area contributed by atoms with Crippen molar-refractivity contribution in [2.75, 3.05) is 24.2 Å². The van der Waals surface area contributed by atoms with Gasteiger partial charge in [0.1, 0.15) is 24.2 Å². The van der Waals surface area contributed by atoms with Crippen molar-refractivity contribution in [3.63, 3.8) is 0 Å². The number of nitrogens with one attached hydrogen (secondary N) is 2. The Balaban J connectivity index is 1.64. The van der Waals surface area contributed by atoms with Gasteiger partial charge in [-0.1, -0.05) is 60.7 Å². The van der Waals surface area contributed by atoms with Gasteiger partial charge in [-0.15, -0.1) is 4.98 Å². The largest absolute Gasteiger partial charge is 0.388 e. The highest BCUT2D eigenvalue weighted by Gasteiger charge is 2.24. The molecule has 1 heterocycles. The highest BCUT2D eigenvalue weighted by Crippen LogP contribution is 2.27. The first-order chi connectivity index (χ1) is 17.1. The van der Waals surface area contributed by atoms with Crippen LogP contribution in [0.5, 0.6) is 0 Å². The molecule has 0 unspecified atom stereocenters.